The smallest absolute Gasteiger partial charge is 0.344 e. The minimum absolute atomic E-state index is 0.0428. The van der Waals surface area contributed by atoms with E-state index < -0.39 is 10.9 Å². The van der Waals surface area contributed by atoms with E-state index >= 15 is 0 Å². The predicted molar refractivity (Wildman–Crippen MR) is 90.9 cm³/mol. The lowest BCUT2D eigenvalue weighted by molar-refractivity contribution is -0.385. The summed E-state index contributed by atoms with van der Waals surface area (Å²) in [4.78, 5) is 35.0. The van der Waals surface area contributed by atoms with Crippen LogP contribution in [-0.4, -0.2) is 54.1 Å². The number of hydrogen-bond donors (Lipinski definition) is 0. The molecule has 1 fully saturated rings. The molecular weight excluding hydrogens is 326 g/mol. The number of benzene rings is 1. The molecule has 0 aliphatic carbocycles. The number of anilines is 2. The van der Waals surface area contributed by atoms with Gasteiger partial charge in [0.05, 0.1) is 12.0 Å². The fourth-order valence-electron chi connectivity index (χ4n) is 2.77. The molecule has 25 heavy (non-hydrogen) atoms. The molecule has 1 saturated heterocycles. The SMILES string of the molecule is COC(=O)c1cc(N2CCN(c3ncccn3)CC2)ccc1[N+](=O)[O-]. The molecule has 3 rings (SSSR count). The van der Waals surface area contributed by atoms with Crippen LogP contribution in [0.25, 0.3) is 0 Å². The molecule has 0 radical (unpaired) electrons. The lowest BCUT2D eigenvalue weighted by Gasteiger charge is -2.36. The van der Waals surface area contributed by atoms with Gasteiger partial charge in [0.25, 0.3) is 5.69 Å². The second kappa shape index (κ2) is 7.12. The Kier molecular flexibility index (Phi) is 4.73. The molecule has 1 aliphatic rings. The predicted octanol–water partition coefficient (Wildman–Crippen LogP) is 1.50. The molecule has 130 valence electrons. The summed E-state index contributed by atoms with van der Waals surface area (Å²) in [7, 11) is 1.21. The number of ether oxygens (including phenoxy) is 1. The average molecular weight is 343 g/mol. The number of rotatable bonds is 4. The summed E-state index contributed by atoms with van der Waals surface area (Å²) in [5.74, 6) is -0.0361. The van der Waals surface area contributed by atoms with E-state index in [-0.39, 0.29) is 11.3 Å². The average Bonchev–Trinajstić information content (AvgIpc) is 2.67. The summed E-state index contributed by atoms with van der Waals surface area (Å²) in [5, 5.41) is 11.1. The number of nitrogens with zero attached hydrogens (tertiary/aromatic N) is 5. The lowest BCUT2D eigenvalue weighted by atomic mass is 10.1. The molecule has 9 heteroatoms. The van der Waals surface area contributed by atoms with Crippen LogP contribution in [0.2, 0.25) is 0 Å². The summed E-state index contributed by atoms with van der Waals surface area (Å²) in [5.41, 5.74) is 0.449. The van der Waals surface area contributed by atoms with Gasteiger partial charge in [-0.05, 0) is 18.2 Å². The first kappa shape index (κ1) is 16.6. The summed E-state index contributed by atoms with van der Waals surface area (Å²) in [6.07, 6.45) is 3.40. The zero-order chi connectivity index (χ0) is 17.8. The topological polar surface area (TPSA) is 102 Å². The van der Waals surface area contributed by atoms with Crippen molar-refractivity contribution >= 4 is 23.3 Å². The standard InChI is InChI=1S/C16H17N5O4/c1-25-15(22)13-11-12(3-4-14(13)21(23)24)19-7-9-20(10-8-19)16-17-5-2-6-18-16/h2-6,11H,7-10H2,1H3. The van der Waals surface area contributed by atoms with Gasteiger partial charge in [-0.1, -0.05) is 0 Å². The maximum absolute atomic E-state index is 11.8. The molecule has 9 nitrogen and oxygen atoms in total. The summed E-state index contributed by atoms with van der Waals surface area (Å²) < 4.78 is 4.66. The minimum atomic E-state index is -0.718. The van der Waals surface area contributed by atoms with Gasteiger partial charge in [-0.2, -0.15) is 0 Å². The van der Waals surface area contributed by atoms with Crippen molar-refractivity contribution in [3.8, 4) is 0 Å². The number of carbonyl (C=O) groups is 1. The van der Waals surface area contributed by atoms with Gasteiger partial charge in [-0.3, -0.25) is 10.1 Å². The van der Waals surface area contributed by atoms with E-state index in [2.05, 4.69) is 24.5 Å². The zero-order valence-electron chi connectivity index (χ0n) is 13.7. The van der Waals surface area contributed by atoms with Crippen molar-refractivity contribution in [2.45, 2.75) is 0 Å². The Morgan fingerprint density at radius 1 is 1.16 bits per heavy atom. The van der Waals surface area contributed by atoms with Crippen molar-refractivity contribution in [3.63, 3.8) is 0 Å². The highest BCUT2D eigenvalue weighted by molar-refractivity contribution is 5.95. The van der Waals surface area contributed by atoms with Gasteiger partial charge in [-0.15, -0.1) is 0 Å². The second-order valence-corrected chi connectivity index (χ2v) is 5.47. The van der Waals surface area contributed by atoms with Crippen LogP contribution in [0.4, 0.5) is 17.3 Å². The first-order chi connectivity index (χ1) is 12.1. The van der Waals surface area contributed by atoms with Crippen LogP contribution in [0, 0.1) is 10.1 Å². The minimum Gasteiger partial charge on any atom is -0.465 e. The molecule has 0 amide bonds. The van der Waals surface area contributed by atoms with E-state index in [9.17, 15) is 14.9 Å². The van der Waals surface area contributed by atoms with Crippen molar-refractivity contribution in [1.29, 1.82) is 0 Å². The van der Waals surface area contributed by atoms with Gasteiger partial charge in [0.15, 0.2) is 0 Å². The number of nitro benzene ring substituents is 1. The Hall–Kier alpha value is -3.23. The molecule has 0 spiro atoms. The fourth-order valence-corrected chi connectivity index (χ4v) is 2.77. The summed E-state index contributed by atoms with van der Waals surface area (Å²) in [6, 6.07) is 6.27. The van der Waals surface area contributed by atoms with Crippen LogP contribution >= 0.6 is 0 Å². The van der Waals surface area contributed by atoms with Crippen LogP contribution in [0.3, 0.4) is 0 Å². The second-order valence-electron chi connectivity index (χ2n) is 5.47. The number of carbonyl (C=O) groups excluding carboxylic acids is 1. The number of piperazine rings is 1. The molecule has 1 aromatic carbocycles. The van der Waals surface area contributed by atoms with Crippen molar-refractivity contribution < 1.29 is 14.5 Å². The number of esters is 1. The van der Waals surface area contributed by atoms with E-state index in [1.807, 2.05) is 0 Å². The monoisotopic (exact) mass is 343 g/mol. The van der Waals surface area contributed by atoms with Gasteiger partial charge in [0.2, 0.25) is 5.95 Å². The van der Waals surface area contributed by atoms with Crippen LogP contribution in [0.5, 0.6) is 0 Å². The van der Waals surface area contributed by atoms with Crippen LogP contribution in [-0.2, 0) is 4.74 Å². The van der Waals surface area contributed by atoms with E-state index in [0.717, 1.165) is 5.69 Å². The normalized spacial score (nSPS) is 14.3. The third-order valence-electron chi connectivity index (χ3n) is 4.06. The lowest BCUT2D eigenvalue weighted by Crippen LogP contribution is -2.47. The molecule has 0 bridgehead atoms. The van der Waals surface area contributed by atoms with Crippen molar-refractivity contribution in [1.82, 2.24) is 9.97 Å². The Morgan fingerprint density at radius 3 is 2.40 bits per heavy atom. The highest BCUT2D eigenvalue weighted by Gasteiger charge is 2.24. The third-order valence-corrected chi connectivity index (χ3v) is 4.06. The van der Waals surface area contributed by atoms with Crippen LogP contribution < -0.4 is 9.80 Å². The Morgan fingerprint density at radius 2 is 1.80 bits per heavy atom. The number of methoxy groups -OCH3 is 1. The molecule has 0 N–H and O–H groups in total. The molecule has 0 saturated carbocycles. The number of hydrogen-bond acceptors (Lipinski definition) is 8. The van der Waals surface area contributed by atoms with Gasteiger partial charge in [0, 0.05) is 50.3 Å². The zero-order valence-corrected chi connectivity index (χ0v) is 13.7. The number of nitro groups is 1. The van der Waals surface area contributed by atoms with Crippen molar-refractivity contribution in [3.05, 3.63) is 52.3 Å². The first-order valence-corrected chi connectivity index (χ1v) is 7.74. The fraction of sp³-hybridized carbons (Fsp3) is 0.312. The van der Waals surface area contributed by atoms with E-state index in [1.54, 1.807) is 24.5 Å². The molecule has 2 heterocycles. The quantitative estimate of drug-likeness (QED) is 0.467. The molecule has 2 aromatic rings. The molecule has 1 aliphatic heterocycles. The van der Waals surface area contributed by atoms with E-state index in [0.29, 0.717) is 32.1 Å². The van der Waals surface area contributed by atoms with Crippen LogP contribution in [0.1, 0.15) is 10.4 Å². The molecular formula is C16H17N5O4. The molecule has 1 aromatic heterocycles. The Labute approximate surface area is 144 Å². The highest BCUT2D eigenvalue weighted by atomic mass is 16.6. The van der Waals surface area contributed by atoms with Crippen molar-refractivity contribution in [2.75, 3.05) is 43.1 Å². The van der Waals surface area contributed by atoms with Gasteiger partial charge in [-0.25, -0.2) is 14.8 Å². The maximum atomic E-state index is 11.8. The largest absolute Gasteiger partial charge is 0.465 e. The third kappa shape index (κ3) is 3.49. The first-order valence-electron chi connectivity index (χ1n) is 7.74. The Balaban J connectivity index is 1.77. The summed E-state index contributed by atoms with van der Waals surface area (Å²) >= 11 is 0. The number of aromatic nitrogens is 2. The maximum Gasteiger partial charge on any atom is 0.344 e. The highest BCUT2D eigenvalue weighted by Crippen LogP contribution is 2.26. The van der Waals surface area contributed by atoms with Crippen LogP contribution in [0.15, 0.2) is 36.7 Å². The van der Waals surface area contributed by atoms with E-state index in [4.69, 9.17) is 0 Å². The summed E-state index contributed by atoms with van der Waals surface area (Å²) in [6.45, 7) is 2.82. The van der Waals surface area contributed by atoms with Crippen molar-refractivity contribution in [2.24, 2.45) is 0 Å². The molecule has 0 unspecified atom stereocenters. The molecule has 0 atom stereocenters. The van der Waals surface area contributed by atoms with E-state index in [1.165, 1.54) is 19.2 Å². The van der Waals surface area contributed by atoms with Gasteiger partial charge >= 0.3 is 5.97 Å². The Bertz CT molecular complexity index is 775. The van der Waals surface area contributed by atoms with Gasteiger partial charge < -0.3 is 14.5 Å². The van der Waals surface area contributed by atoms with Gasteiger partial charge in [0.1, 0.15) is 5.56 Å².